The molecule has 0 N–H and O–H groups in total. The van der Waals surface area contributed by atoms with Crippen LogP contribution in [0.3, 0.4) is 0 Å². The summed E-state index contributed by atoms with van der Waals surface area (Å²) in [5.74, 6) is 0. The van der Waals surface area contributed by atoms with Gasteiger partial charge in [-0.15, -0.1) is 0 Å². The molecule has 1 aromatic heterocycles. The lowest BCUT2D eigenvalue weighted by molar-refractivity contribution is 0.668. The van der Waals surface area contributed by atoms with Crippen LogP contribution in [0, 0.1) is 20.8 Å². The Labute approximate surface area is 94.7 Å². The molecule has 1 heterocycles. The predicted octanol–water partition coefficient (Wildman–Crippen LogP) is 4.51. The van der Waals surface area contributed by atoms with Crippen LogP contribution in [0.5, 0.6) is 0 Å². The fraction of sp³-hybridized carbons (Fsp3) is 0.200. The molecule has 0 amide bonds. The van der Waals surface area contributed by atoms with Crippen molar-refractivity contribution >= 4 is 21.9 Å². The topological polar surface area (TPSA) is 13.1 Å². The van der Waals surface area contributed by atoms with E-state index in [9.17, 15) is 0 Å². The van der Waals surface area contributed by atoms with Gasteiger partial charge >= 0.3 is 0 Å². The lowest BCUT2D eigenvalue weighted by Crippen LogP contribution is -1.78. The van der Waals surface area contributed by atoms with Crippen LogP contribution in [0.1, 0.15) is 16.7 Å². The molecule has 3 aromatic rings. The molecular formula is C15H14O. The highest BCUT2D eigenvalue weighted by Crippen LogP contribution is 2.31. The maximum absolute atomic E-state index is 5.87. The largest absolute Gasteiger partial charge is 0.456 e. The maximum atomic E-state index is 5.87. The molecule has 0 fully saturated rings. The van der Waals surface area contributed by atoms with Crippen molar-refractivity contribution in [1.82, 2.24) is 0 Å². The van der Waals surface area contributed by atoms with E-state index in [2.05, 4.69) is 51.1 Å². The first-order chi connectivity index (χ1) is 7.65. The molecule has 0 radical (unpaired) electrons. The minimum atomic E-state index is 0.986. The number of benzene rings is 2. The lowest BCUT2D eigenvalue weighted by Gasteiger charge is -1.98. The van der Waals surface area contributed by atoms with Gasteiger partial charge in [-0.1, -0.05) is 12.1 Å². The number of aryl methyl sites for hydroxylation is 3. The van der Waals surface area contributed by atoms with Gasteiger partial charge in [-0.25, -0.2) is 0 Å². The summed E-state index contributed by atoms with van der Waals surface area (Å²) >= 11 is 0. The highest BCUT2D eigenvalue weighted by molar-refractivity contribution is 6.05. The van der Waals surface area contributed by atoms with Gasteiger partial charge in [0.1, 0.15) is 11.2 Å². The molecule has 0 bridgehead atoms. The van der Waals surface area contributed by atoms with E-state index in [1.165, 1.54) is 27.5 Å². The van der Waals surface area contributed by atoms with Crippen LogP contribution in [-0.2, 0) is 0 Å². The van der Waals surface area contributed by atoms with Crippen molar-refractivity contribution in [2.45, 2.75) is 20.8 Å². The molecule has 0 aliphatic carbocycles. The van der Waals surface area contributed by atoms with Gasteiger partial charge in [-0.2, -0.15) is 0 Å². The molecule has 0 atom stereocenters. The summed E-state index contributed by atoms with van der Waals surface area (Å²) < 4.78 is 5.87. The van der Waals surface area contributed by atoms with Gasteiger partial charge in [0.2, 0.25) is 0 Å². The fourth-order valence-corrected chi connectivity index (χ4v) is 2.14. The van der Waals surface area contributed by atoms with Crippen LogP contribution in [0.2, 0.25) is 0 Å². The quantitative estimate of drug-likeness (QED) is 0.532. The van der Waals surface area contributed by atoms with Crippen molar-refractivity contribution in [3.8, 4) is 0 Å². The van der Waals surface area contributed by atoms with Gasteiger partial charge in [0, 0.05) is 10.8 Å². The minimum Gasteiger partial charge on any atom is -0.456 e. The smallest absolute Gasteiger partial charge is 0.135 e. The molecule has 0 aliphatic rings. The second kappa shape index (κ2) is 3.11. The molecule has 16 heavy (non-hydrogen) atoms. The zero-order chi connectivity index (χ0) is 11.3. The molecule has 0 saturated carbocycles. The van der Waals surface area contributed by atoms with Gasteiger partial charge in [-0.05, 0) is 55.7 Å². The summed E-state index contributed by atoms with van der Waals surface area (Å²) in [6.45, 7) is 6.35. The van der Waals surface area contributed by atoms with Crippen LogP contribution in [-0.4, -0.2) is 0 Å². The first-order valence-corrected chi connectivity index (χ1v) is 5.55. The average Bonchev–Trinajstić information content (AvgIpc) is 2.55. The Morgan fingerprint density at radius 2 is 1.44 bits per heavy atom. The normalized spacial score (nSPS) is 11.4. The molecule has 0 saturated heterocycles. The summed E-state index contributed by atoms with van der Waals surface area (Å²) in [5, 5.41) is 2.43. The van der Waals surface area contributed by atoms with E-state index in [0.717, 1.165) is 11.2 Å². The van der Waals surface area contributed by atoms with Crippen molar-refractivity contribution in [2.75, 3.05) is 0 Å². The van der Waals surface area contributed by atoms with Crippen molar-refractivity contribution in [3.05, 3.63) is 47.0 Å². The van der Waals surface area contributed by atoms with Crippen LogP contribution < -0.4 is 0 Å². The van der Waals surface area contributed by atoms with E-state index in [0.29, 0.717) is 0 Å². The molecule has 1 nitrogen and oxygen atoms in total. The number of hydrogen-bond acceptors (Lipinski definition) is 1. The SMILES string of the molecule is Cc1ccc2c(c1)oc1cc(C)c(C)cc12. The van der Waals surface area contributed by atoms with Crippen molar-refractivity contribution < 1.29 is 4.42 Å². The minimum absolute atomic E-state index is 0.986. The molecule has 0 spiro atoms. The number of rotatable bonds is 0. The Morgan fingerprint density at radius 3 is 2.25 bits per heavy atom. The number of hydrogen-bond donors (Lipinski definition) is 0. The highest BCUT2D eigenvalue weighted by atomic mass is 16.3. The molecule has 1 heteroatoms. The summed E-state index contributed by atoms with van der Waals surface area (Å²) in [7, 11) is 0. The van der Waals surface area contributed by atoms with Crippen LogP contribution >= 0.6 is 0 Å². The van der Waals surface area contributed by atoms with Gasteiger partial charge in [0.05, 0.1) is 0 Å². The van der Waals surface area contributed by atoms with Crippen LogP contribution in [0.4, 0.5) is 0 Å². The summed E-state index contributed by atoms with van der Waals surface area (Å²) in [6.07, 6.45) is 0. The van der Waals surface area contributed by atoms with Gasteiger partial charge in [-0.3, -0.25) is 0 Å². The first-order valence-electron chi connectivity index (χ1n) is 5.55. The van der Waals surface area contributed by atoms with Crippen molar-refractivity contribution in [2.24, 2.45) is 0 Å². The Hall–Kier alpha value is -1.76. The molecule has 0 aliphatic heterocycles. The van der Waals surface area contributed by atoms with E-state index in [1.807, 2.05) is 0 Å². The summed E-state index contributed by atoms with van der Waals surface area (Å²) in [6, 6.07) is 10.7. The van der Waals surface area contributed by atoms with Crippen molar-refractivity contribution in [3.63, 3.8) is 0 Å². The molecule has 80 valence electrons. The molecule has 0 unspecified atom stereocenters. The van der Waals surface area contributed by atoms with Gasteiger partial charge in [0.15, 0.2) is 0 Å². The standard InChI is InChI=1S/C15H14O/c1-9-4-5-12-13-7-10(2)11(3)8-15(13)16-14(12)6-9/h4-8H,1-3H3. The molecular weight excluding hydrogens is 196 g/mol. The fourth-order valence-electron chi connectivity index (χ4n) is 2.14. The zero-order valence-electron chi connectivity index (χ0n) is 9.79. The maximum Gasteiger partial charge on any atom is 0.135 e. The second-order valence-electron chi connectivity index (χ2n) is 4.53. The van der Waals surface area contributed by atoms with E-state index < -0.39 is 0 Å². The number of fused-ring (bicyclic) bond motifs is 3. The third-order valence-corrected chi connectivity index (χ3v) is 3.24. The van der Waals surface area contributed by atoms with Gasteiger partial charge < -0.3 is 4.42 Å². The summed E-state index contributed by atoms with van der Waals surface area (Å²) in [5.41, 5.74) is 5.81. The first kappa shape index (κ1) is 9.46. The van der Waals surface area contributed by atoms with Gasteiger partial charge in [0.25, 0.3) is 0 Å². The van der Waals surface area contributed by atoms with E-state index in [-0.39, 0.29) is 0 Å². The Morgan fingerprint density at radius 1 is 0.750 bits per heavy atom. The molecule has 3 rings (SSSR count). The Bertz CT molecular complexity index is 689. The summed E-state index contributed by atoms with van der Waals surface area (Å²) in [4.78, 5) is 0. The van der Waals surface area contributed by atoms with E-state index in [1.54, 1.807) is 0 Å². The average molecular weight is 210 g/mol. The highest BCUT2D eigenvalue weighted by Gasteiger charge is 2.07. The van der Waals surface area contributed by atoms with Crippen LogP contribution in [0.15, 0.2) is 34.7 Å². The van der Waals surface area contributed by atoms with Crippen molar-refractivity contribution in [1.29, 1.82) is 0 Å². The third-order valence-electron chi connectivity index (χ3n) is 3.24. The predicted molar refractivity (Wildman–Crippen MR) is 67.9 cm³/mol. The second-order valence-corrected chi connectivity index (χ2v) is 4.53. The lowest BCUT2D eigenvalue weighted by atomic mass is 10.1. The Balaban J connectivity index is 2.51. The van der Waals surface area contributed by atoms with E-state index in [4.69, 9.17) is 4.42 Å². The van der Waals surface area contributed by atoms with Crippen LogP contribution in [0.25, 0.3) is 21.9 Å². The van der Waals surface area contributed by atoms with E-state index >= 15 is 0 Å². The molecule has 2 aromatic carbocycles. The third kappa shape index (κ3) is 1.25. The number of furan rings is 1. The monoisotopic (exact) mass is 210 g/mol. The Kier molecular flexibility index (Phi) is 1.84. The zero-order valence-corrected chi connectivity index (χ0v) is 9.79.